The van der Waals surface area contributed by atoms with Gasteiger partial charge in [-0.05, 0) is 36.2 Å². The minimum atomic E-state index is -0.905. The second-order valence-electron chi connectivity index (χ2n) is 6.71. The van der Waals surface area contributed by atoms with Gasteiger partial charge in [0.2, 0.25) is 0 Å². The Morgan fingerprint density at radius 3 is 2.52 bits per heavy atom. The number of hydrogen-bond donors (Lipinski definition) is 1. The van der Waals surface area contributed by atoms with Gasteiger partial charge < -0.3 is 10.0 Å². The maximum Gasteiger partial charge on any atom is 0.295 e. The highest BCUT2D eigenvalue weighted by Crippen LogP contribution is 2.40. The molecule has 1 aliphatic rings. The highest BCUT2D eigenvalue weighted by Gasteiger charge is 2.46. The number of non-ortho nitro benzene ring substituents is 1. The van der Waals surface area contributed by atoms with Gasteiger partial charge in [0.25, 0.3) is 17.4 Å². The van der Waals surface area contributed by atoms with E-state index in [9.17, 15) is 24.8 Å². The molecular formula is C21H19ClN2O5. The van der Waals surface area contributed by atoms with Crippen LogP contribution in [0.5, 0.6) is 0 Å². The van der Waals surface area contributed by atoms with E-state index >= 15 is 0 Å². The maximum atomic E-state index is 12.8. The zero-order valence-electron chi connectivity index (χ0n) is 15.7. The molecular weight excluding hydrogens is 396 g/mol. The number of carbonyl (C=O) groups excluding carboxylic acids is 2. The first-order valence-corrected chi connectivity index (χ1v) is 9.51. The topological polar surface area (TPSA) is 101 Å². The van der Waals surface area contributed by atoms with Crippen molar-refractivity contribution in [1.82, 2.24) is 4.90 Å². The third kappa shape index (κ3) is 4.00. The summed E-state index contributed by atoms with van der Waals surface area (Å²) in [5, 5.41) is 22.5. The van der Waals surface area contributed by atoms with Crippen molar-refractivity contribution in [2.75, 3.05) is 6.54 Å². The van der Waals surface area contributed by atoms with Gasteiger partial charge in [-0.2, -0.15) is 0 Å². The maximum absolute atomic E-state index is 12.8. The molecule has 150 valence electrons. The van der Waals surface area contributed by atoms with Gasteiger partial charge in [-0.25, -0.2) is 0 Å². The fourth-order valence-corrected chi connectivity index (χ4v) is 3.48. The number of likely N-dealkylation sites (tertiary alicyclic amines) is 1. The number of rotatable bonds is 6. The fourth-order valence-electron chi connectivity index (χ4n) is 3.36. The van der Waals surface area contributed by atoms with E-state index in [0.717, 1.165) is 6.42 Å². The monoisotopic (exact) mass is 414 g/mol. The number of aliphatic hydroxyl groups is 1. The number of nitro groups is 1. The van der Waals surface area contributed by atoms with Gasteiger partial charge in [0.05, 0.1) is 16.5 Å². The average Bonchev–Trinajstić information content (AvgIpc) is 2.97. The normalized spacial score (nSPS) is 18.3. The highest BCUT2D eigenvalue weighted by molar-refractivity contribution is 6.46. The largest absolute Gasteiger partial charge is 0.507 e. The lowest BCUT2D eigenvalue weighted by Gasteiger charge is -2.25. The Labute approximate surface area is 172 Å². The number of nitro benzene ring substituents is 1. The van der Waals surface area contributed by atoms with E-state index in [0.29, 0.717) is 29.1 Å². The molecule has 3 rings (SSSR count). The molecule has 0 aliphatic carbocycles. The molecule has 0 radical (unpaired) electrons. The van der Waals surface area contributed by atoms with Crippen LogP contribution in [0.25, 0.3) is 5.76 Å². The van der Waals surface area contributed by atoms with Crippen molar-refractivity contribution in [2.24, 2.45) is 0 Å². The van der Waals surface area contributed by atoms with Gasteiger partial charge in [0.15, 0.2) is 0 Å². The molecule has 0 unspecified atom stereocenters. The van der Waals surface area contributed by atoms with Crippen LogP contribution in [0.3, 0.4) is 0 Å². The minimum absolute atomic E-state index is 0.0890. The zero-order valence-corrected chi connectivity index (χ0v) is 16.4. The number of Topliss-reactive ketones (excluding diaryl/α,β-unsaturated/α-hetero) is 1. The number of benzene rings is 2. The molecule has 1 heterocycles. The predicted octanol–water partition coefficient (Wildman–Crippen LogP) is 4.47. The van der Waals surface area contributed by atoms with Crippen LogP contribution in [-0.4, -0.2) is 33.2 Å². The van der Waals surface area contributed by atoms with Crippen LogP contribution in [0.15, 0.2) is 54.1 Å². The summed E-state index contributed by atoms with van der Waals surface area (Å²) in [7, 11) is 0. The summed E-state index contributed by atoms with van der Waals surface area (Å²) in [6.07, 6.45) is 1.45. The molecule has 1 atom stereocenters. The number of amides is 1. The minimum Gasteiger partial charge on any atom is -0.507 e. The standard InChI is InChI=1S/C21H19ClN2O5/c1-2-3-11-23-18(14-5-4-6-16(12-14)24(28)29)17(20(26)21(23)27)19(25)13-7-9-15(22)10-8-13/h4-10,12,18,25H,2-3,11H2,1H3/t18-/m1/s1. The van der Waals surface area contributed by atoms with Crippen LogP contribution in [0.4, 0.5) is 5.69 Å². The van der Waals surface area contributed by atoms with E-state index in [4.69, 9.17) is 11.6 Å². The molecule has 1 N–H and O–H groups in total. The zero-order chi connectivity index (χ0) is 21.1. The Morgan fingerprint density at radius 1 is 1.21 bits per heavy atom. The molecule has 1 amide bonds. The molecule has 2 aromatic rings. The third-order valence-electron chi connectivity index (χ3n) is 4.81. The molecule has 1 saturated heterocycles. The van der Waals surface area contributed by atoms with Crippen LogP contribution in [0.2, 0.25) is 5.02 Å². The van der Waals surface area contributed by atoms with E-state index in [1.165, 1.54) is 23.1 Å². The number of halogens is 1. The third-order valence-corrected chi connectivity index (χ3v) is 5.06. The Balaban J connectivity index is 2.18. The summed E-state index contributed by atoms with van der Waals surface area (Å²) in [4.78, 5) is 37.5. The Hall–Kier alpha value is -3.19. The van der Waals surface area contributed by atoms with Gasteiger partial charge in [-0.15, -0.1) is 0 Å². The van der Waals surface area contributed by atoms with Crippen LogP contribution in [0.1, 0.15) is 36.9 Å². The van der Waals surface area contributed by atoms with Crippen molar-refractivity contribution >= 4 is 34.7 Å². The average molecular weight is 415 g/mol. The number of carbonyl (C=O) groups is 2. The number of unbranched alkanes of at least 4 members (excludes halogenated alkanes) is 1. The van der Waals surface area contributed by atoms with Crippen LogP contribution >= 0.6 is 11.6 Å². The van der Waals surface area contributed by atoms with Crippen LogP contribution < -0.4 is 0 Å². The Kier molecular flexibility index (Phi) is 5.98. The molecule has 1 aliphatic heterocycles. The number of hydrogen-bond acceptors (Lipinski definition) is 5. The second kappa shape index (κ2) is 8.45. The SMILES string of the molecule is CCCCN1C(=O)C(=O)C(=C(O)c2ccc(Cl)cc2)[C@H]1c1cccc([N+](=O)[O-])c1. The molecule has 8 heteroatoms. The lowest BCUT2D eigenvalue weighted by molar-refractivity contribution is -0.384. The lowest BCUT2D eigenvalue weighted by atomic mass is 9.95. The summed E-state index contributed by atoms with van der Waals surface area (Å²) in [6.45, 7) is 2.25. The quantitative estimate of drug-likeness (QED) is 0.247. The van der Waals surface area contributed by atoms with Crippen molar-refractivity contribution in [3.8, 4) is 0 Å². The van der Waals surface area contributed by atoms with E-state index in [2.05, 4.69) is 0 Å². The second-order valence-corrected chi connectivity index (χ2v) is 7.14. The number of ketones is 1. The summed E-state index contributed by atoms with van der Waals surface area (Å²) >= 11 is 5.89. The molecule has 7 nitrogen and oxygen atoms in total. The lowest BCUT2D eigenvalue weighted by Crippen LogP contribution is -2.30. The number of nitrogens with zero attached hydrogens (tertiary/aromatic N) is 2. The molecule has 0 spiro atoms. The van der Waals surface area contributed by atoms with E-state index in [1.54, 1.807) is 30.3 Å². The molecule has 0 saturated carbocycles. The van der Waals surface area contributed by atoms with Crippen molar-refractivity contribution in [1.29, 1.82) is 0 Å². The molecule has 1 fully saturated rings. The van der Waals surface area contributed by atoms with Gasteiger partial charge in [0, 0.05) is 29.3 Å². The van der Waals surface area contributed by atoms with E-state index in [-0.39, 0.29) is 17.0 Å². The highest BCUT2D eigenvalue weighted by atomic mass is 35.5. The molecule has 0 aromatic heterocycles. The smallest absolute Gasteiger partial charge is 0.295 e. The van der Waals surface area contributed by atoms with E-state index in [1.807, 2.05) is 6.92 Å². The van der Waals surface area contributed by atoms with Crippen LogP contribution in [-0.2, 0) is 9.59 Å². The molecule has 0 bridgehead atoms. The first-order chi connectivity index (χ1) is 13.8. The van der Waals surface area contributed by atoms with Crippen molar-refractivity contribution in [3.63, 3.8) is 0 Å². The van der Waals surface area contributed by atoms with Crippen molar-refractivity contribution in [2.45, 2.75) is 25.8 Å². The van der Waals surface area contributed by atoms with Crippen molar-refractivity contribution in [3.05, 3.63) is 80.4 Å². The van der Waals surface area contributed by atoms with Crippen molar-refractivity contribution < 1.29 is 19.6 Å². The molecule has 2 aromatic carbocycles. The van der Waals surface area contributed by atoms with Gasteiger partial charge in [-0.3, -0.25) is 19.7 Å². The van der Waals surface area contributed by atoms with Crippen LogP contribution in [0, 0.1) is 10.1 Å². The van der Waals surface area contributed by atoms with Gasteiger partial charge in [-0.1, -0.05) is 37.1 Å². The summed E-state index contributed by atoms with van der Waals surface area (Å²) in [5.41, 5.74) is 0.479. The van der Waals surface area contributed by atoms with Gasteiger partial charge in [0.1, 0.15) is 5.76 Å². The Morgan fingerprint density at radius 2 is 1.90 bits per heavy atom. The van der Waals surface area contributed by atoms with E-state index < -0.39 is 22.7 Å². The first kappa shape index (κ1) is 20.5. The molecule has 29 heavy (non-hydrogen) atoms. The first-order valence-electron chi connectivity index (χ1n) is 9.13. The summed E-state index contributed by atoms with van der Waals surface area (Å²) in [6, 6.07) is 11.1. The summed E-state index contributed by atoms with van der Waals surface area (Å²) in [5.74, 6) is -1.88. The summed E-state index contributed by atoms with van der Waals surface area (Å²) < 4.78 is 0. The number of aliphatic hydroxyl groups excluding tert-OH is 1. The Bertz CT molecular complexity index is 1000. The van der Waals surface area contributed by atoms with Gasteiger partial charge >= 0.3 is 0 Å². The predicted molar refractivity (Wildman–Crippen MR) is 108 cm³/mol. The fraction of sp³-hybridized carbons (Fsp3) is 0.238.